The number of nitrogens with two attached hydrogens (primary N) is 1. The first-order valence-electron chi connectivity index (χ1n) is 12.4. The SMILES string of the molecule is CC(C)C[C@@H]1CCC(N2CNc3c(NCC(C)(C)CCOC(C)CCCN)ncnc32)O1. The Morgan fingerprint density at radius 2 is 2.12 bits per heavy atom. The van der Waals surface area contributed by atoms with Crippen molar-refractivity contribution in [1.82, 2.24) is 9.97 Å². The Balaban J connectivity index is 1.51. The van der Waals surface area contributed by atoms with Gasteiger partial charge in [0.2, 0.25) is 0 Å². The van der Waals surface area contributed by atoms with Crippen molar-refractivity contribution in [3.8, 4) is 0 Å². The Kier molecular flexibility index (Phi) is 8.96. The third-order valence-corrected chi connectivity index (χ3v) is 6.42. The molecule has 0 bridgehead atoms. The molecule has 2 aliphatic heterocycles. The zero-order valence-corrected chi connectivity index (χ0v) is 20.7. The average Bonchev–Trinajstić information content (AvgIpc) is 3.37. The highest BCUT2D eigenvalue weighted by molar-refractivity contribution is 5.81. The number of nitrogens with zero attached hydrogens (tertiary/aromatic N) is 3. The highest BCUT2D eigenvalue weighted by atomic mass is 16.5. The van der Waals surface area contributed by atoms with Crippen molar-refractivity contribution in [2.24, 2.45) is 17.1 Å². The number of ether oxygens (including phenoxy) is 2. The molecule has 1 aromatic rings. The van der Waals surface area contributed by atoms with Gasteiger partial charge in [-0.25, -0.2) is 9.97 Å². The molecule has 3 atom stereocenters. The third-order valence-electron chi connectivity index (χ3n) is 6.42. The summed E-state index contributed by atoms with van der Waals surface area (Å²) in [6.45, 7) is 14.2. The van der Waals surface area contributed by atoms with Crippen molar-refractivity contribution in [2.45, 2.75) is 91.6 Å². The standard InChI is InChI=1S/C24H44N6O2/c1-17(2)13-19-8-9-20(32-19)30-16-29-21-22(27-15-28-23(21)30)26-14-24(4,5)10-12-31-18(3)7-6-11-25/h15,17-20,29H,6-14,16,25H2,1-5H3,(H,26,27,28)/t18?,19-,20?/m0/s1. The quantitative estimate of drug-likeness (QED) is 0.413. The summed E-state index contributed by atoms with van der Waals surface area (Å²) in [4.78, 5) is 11.3. The molecule has 2 aliphatic rings. The van der Waals surface area contributed by atoms with Crippen LogP contribution in [0.4, 0.5) is 17.3 Å². The summed E-state index contributed by atoms with van der Waals surface area (Å²) in [6.07, 6.45) is 8.64. The molecule has 182 valence electrons. The van der Waals surface area contributed by atoms with Crippen LogP contribution in [0.5, 0.6) is 0 Å². The van der Waals surface area contributed by atoms with Crippen LogP contribution in [0.2, 0.25) is 0 Å². The van der Waals surface area contributed by atoms with Crippen LogP contribution in [-0.2, 0) is 9.47 Å². The van der Waals surface area contributed by atoms with E-state index in [9.17, 15) is 0 Å². The van der Waals surface area contributed by atoms with Crippen LogP contribution in [0.3, 0.4) is 0 Å². The lowest BCUT2D eigenvalue weighted by molar-refractivity contribution is 0.0332. The fraction of sp³-hybridized carbons (Fsp3) is 0.833. The molecule has 3 heterocycles. The zero-order valence-electron chi connectivity index (χ0n) is 20.7. The molecule has 8 heteroatoms. The van der Waals surface area contributed by atoms with Crippen LogP contribution >= 0.6 is 0 Å². The molecule has 1 aromatic heterocycles. The highest BCUT2D eigenvalue weighted by Crippen LogP contribution is 2.39. The molecule has 4 N–H and O–H groups in total. The van der Waals surface area contributed by atoms with Gasteiger partial charge < -0.3 is 30.7 Å². The van der Waals surface area contributed by atoms with E-state index < -0.39 is 0 Å². The van der Waals surface area contributed by atoms with Gasteiger partial charge >= 0.3 is 0 Å². The van der Waals surface area contributed by atoms with Crippen LogP contribution < -0.4 is 21.3 Å². The largest absolute Gasteiger partial charge is 0.378 e. The van der Waals surface area contributed by atoms with E-state index in [0.29, 0.717) is 18.7 Å². The number of hydrogen-bond acceptors (Lipinski definition) is 8. The lowest BCUT2D eigenvalue weighted by atomic mass is 9.89. The lowest BCUT2D eigenvalue weighted by Gasteiger charge is -2.27. The van der Waals surface area contributed by atoms with Crippen molar-refractivity contribution >= 4 is 17.3 Å². The van der Waals surface area contributed by atoms with E-state index in [0.717, 1.165) is 75.5 Å². The number of aromatic nitrogens is 2. The van der Waals surface area contributed by atoms with Crippen LogP contribution in [0.1, 0.15) is 73.1 Å². The highest BCUT2D eigenvalue weighted by Gasteiger charge is 2.35. The van der Waals surface area contributed by atoms with Gasteiger partial charge in [-0.05, 0) is 63.3 Å². The van der Waals surface area contributed by atoms with Gasteiger partial charge in [-0.1, -0.05) is 27.7 Å². The Morgan fingerprint density at radius 1 is 1.31 bits per heavy atom. The minimum absolute atomic E-state index is 0.0857. The molecule has 0 aliphatic carbocycles. The fourth-order valence-electron chi connectivity index (χ4n) is 4.42. The van der Waals surface area contributed by atoms with Crippen molar-refractivity contribution in [3.05, 3.63) is 6.33 Å². The minimum Gasteiger partial charge on any atom is -0.378 e. The van der Waals surface area contributed by atoms with Gasteiger partial charge in [0.15, 0.2) is 11.6 Å². The Labute approximate surface area is 194 Å². The molecule has 0 radical (unpaired) electrons. The predicted molar refractivity (Wildman–Crippen MR) is 131 cm³/mol. The molecular formula is C24H44N6O2. The normalized spacial score (nSPS) is 21.7. The second kappa shape index (κ2) is 11.5. The fourth-order valence-corrected chi connectivity index (χ4v) is 4.42. The molecule has 1 saturated heterocycles. The van der Waals surface area contributed by atoms with Gasteiger partial charge in [0.25, 0.3) is 0 Å². The first-order valence-corrected chi connectivity index (χ1v) is 12.4. The van der Waals surface area contributed by atoms with Crippen molar-refractivity contribution in [1.29, 1.82) is 0 Å². The van der Waals surface area contributed by atoms with Crippen LogP contribution in [0, 0.1) is 11.3 Å². The first-order chi connectivity index (χ1) is 15.3. The van der Waals surface area contributed by atoms with Crippen LogP contribution in [0.15, 0.2) is 6.33 Å². The van der Waals surface area contributed by atoms with E-state index in [4.69, 9.17) is 15.2 Å². The molecule has 0 saturated carbocycles. The molecule has 0 amide bonds. The number of anilines is 3. The van der Waals surface area contributed by atoms with Crippen LogP contribution in [0.25, 0.3) is 0 Å². The summed E-state index contributed by atoms with van der Waals surface area (Å²) in [5.74, 6) is 2.45. The number of hydrogen-bond donors (Lipinski definition) is 3. The van der Waals surface area contributed by atoms with E-state index >= 15 is 0 Å². The maximum atomic E-state index is 6.34. The number of fused-ring (bicyclic) bond motifs is 1. The molecule has 2 unspecified atom stereocenters. The minimum atomic E-state index is 0.0857. The summed E-state index contributed by atoms with van der Waals surface area (Å²) in [5, 5.41) is 7.04. The van der Waals surface area contributed by atoms with Crippen molar-refractivity contribution < 1.29 is 9.47 Å². The average molecular weight is 449 g/mol. The summed E-state index contributed by atoms with van der Waals surface area (Å²) >= 11 is 0. The lowest BCUT2D eigenvalue weighted by Crippen LogP contribution is -2.35. The summed E-state index contributed by atoms with van der Waals surface area (Å²) in [5.41, 5.74) is 6.65. The maximum absolute atomic E-state index is 6.34. The topological polar surface area (TPSA) is 97.6 Å². The van der Waals surface area contributed by atoms with Gasteiger partial charge in [0.05, 0.1) is 18.9 Å². The summed E-state index contributed by atoms with van der Waals surface area (Å²) < 4.78 is 12.3. The smallest absolute Gasteiger partial charge is 0.161 e. The Morgan fingerprint density at radius 3 is 2.88 bits per heavy atom. The summed E-state index contributed by atoms with van der Waals surface area (Å²) in [7, 11) is 0. The van der Waals surface area contributed by atoms with E-state index in [-0.39, 0.29) is 17.7 Å². The Bertz CT molecular complexity index is 714. The van der Waals surface area contributed by atoms with E-state index in [1.807, 2.05) is 0 Å². The van der Waals surface area contributed by atoms with Crippen molar-refractivity contribution in [3.63, 3.8) is 0 Å². The second-order valence-corrected chi connectivity index (χ2v) is 10.5. The van der Waals surface area contributed by atoms with E-state index in [1.54, 1.807) is 6.33 Å². The molecule has 0 aromatic carbocycles. The second-order valence-electron chi connectivity index (χ2n) is 10.5. The van der Waals surface area contributed by atoms with Gasteiger partial charge in [0, 0.05) is 13.2 Å². The van der Waals surface area contributed by atoms with E-state index in [2.05, 4.69) is 60.1 Å². The van der Waals surface area contributed by atoms with Crippen molar-refractivity contribution in [2.75, 3.05) is 41.9 Å². The molecule has 3 rings (SSSR count). The summed E-state index contributed by atoms with van der Waals surface area (Å²) in [6, 6.07) is 0. The molecular weight excluding hydrogens is 404 g/mol. The third kappa shape index (κ3) is 6.93. The van der Waals surface area contributed by atoms with Gasteiger partial charge in [-0.2, -0.15) is 0 Å². The van der Waals surface area contributed by atoms with Crippen LogP contribution in [-0.4, -0.2) is 54.8 Å². The number of nitrogens with one attached hydrogen (secondary N) is 2. The van der Waals surface area contributed by atoms with E-state index in [1.165, 1.54) is 0 Å². The zero-order chi connectivity index (χ0) is 23.1. The molecule has 1 fully saturated rings. The molecule has 8 nitrogen and oxygen atoms in total. The molecule has 0 spiro atoms. The monoisotopic (exact) mass is 448 g/mol. The Hall–Kier alpha value is -1.64. The number of rotatable bonds is 13. The first kappa shape index (κ1) is 25.0. The van der Waals surface area contributed by atoms with Gasteiger partial charge in [-0.3, -0.25) is 0 Å². The molecule has 32 heavy (non-hydrogen) atoms. The van der Waals surface area contributed by atoms with Gasteiger partial charge in [-0.15, -0.1) is 0 Å². The predicted octanol–water partition coefficient (Wildman–Crippen LogP) is 4.19. The maximum Gasteiger partial charge on any atom is 0.161 e. The van der Waals surface area contributed by atoms with Gasteiger partial charge in [0.1, 0.15) is 18.2 Å².